The average Bonchev–Trinajstić information content (AvgIpc) is 1.30. The zero-order valence-electron chi connectivity index (χ0n) is 3.03. The number of carbonyl (C=O) groups excluding carboxylic acids is 1. The quantitative estimate of drug-likeness (QED) is 0.391. The Labute approximate surface area is 44.9 Å². The van der Waals surface area contributed by atoms with E-state index in [-0.39, 0.29) is 0 Å². The molecule has 0 radical (unpaired) electrons. The SMILES string of the molecule is O=C=NS(=O)(O)=S. The van der Waals surface area contributed by atoms with Gasteiger partial charge in [0.05, 0.1) is 0 Å². The molecule has 4 nitrogen and oxygen atoms in total. The predicted octanol–water partition coefficient (Wildman–Crippen LogP) is -0.543. The number of isocyanates is 1. The highest BCUT2D eigenvalue weighted by Crippen LogP contribution is 1.77. The van der Waals surface area contributed by atoms with E-state index in [1.165, 1.54) is 0 Å². The van der Waals surface area contributed by atoms with Gasteiger partial charge in [-0.2, -0.15) is 0 Å². The Morgan fingerprint density at radius 3 is 2.29 bits per heavy atom. The van der Waals surface area contributed by atoms with E-state index in [0.29, 0.717) is 0 Å². The summed E-state index contributed by atoms with van der Waals surface area (Å²) in [5.74, 6) is 0. The third kappa shape index (κ3) is 5.71. The van der Waals surface area contributed by atoms with E-state index in [2.05, 4.69) is 15.6 Å². The van der Waals surface area contributed by atoms with Crippen LogP contribution in [0.25, 0.3) is 0 Å². The summed E-state index contributed by atoms with van der Waals surface area (Å²) in [5, 5.41) is 0. The molecule has 0 aromatic carbocycles. The molecule has 0 aliphatic rings. The van der Waals surface area contributed by atoms with Crippen LogP contribution in [0.15, 0.2) is 4.40 Å². The Kier molecular flexibility index (Phi) is 2.04. The van der Waals surface area contributed by atoms with Crippen LogP contribution in [-0.4, -0.2) is 14.8 Å². The summed E-state index contributed by atoms with van der Waals surface area (Å²) >= 11 is 3.74. The van der Waals surface area contributed by atoms with E-state index in [0.717, 1.165) is 6.08 Å². The Bertz CT molecular complexity index is 185. The van der Waals surface area contributed by atoms with Gasteiger partial charge in [0.2, 0.25) is 0 Å². The van der Waals surface area contributed by atoms with Crippen molar-refractivity contribution in [1.82, 2.24) is 0 Å². The third-order valence-electron chi connectivity index (χ3n) is 0.153. The van der Waals surface area contributed by atoms with Gasteiger partial charge in [-0.25, -0.2) is 9.00 Å². The highest BCUT2D eigenvalue weighted by atomic mass is 32.8. The molecule has 0 bridgehead atoms. The number of hydrogen-bond donors (Lipinski definition) is 1. The lowest BCUT2D eigenvalue weighted by atomic mass is 11.7. The lowest BCUT2D eigenvalue weighted by Crippen LogP contribution is -1.85. The smallest absolute Gasteiger partial charge is 0.261 e. The molecule has 40 valence electrons. The fraction of sp³-hybridized carbons (Fsp3) is 0. The standard InChI is InChI=1S/CHNO3S2/c3-1-2-7(4,5)6/h(H,4,5,6). The first-order valence-electron chi connectivity index (χ1n) is 1.13. The van der Waals surface area contributed by atoms with Gasteiger partial charge in [-0.15, -0.1) is 0 Å². The first-order valence-corrected chi connectivity index (χ1v) is 3.52. The van der Waals surface area contributed by atoms with Gasteiger partial charge < -0.3 is 0 Å². The van der Waals surface area contributed by atoms with E-state index in [1.54, 1.807) is 0 Å². The number of rotatable bonds is 1. The molecule has 7 heavy (non-hydrogen) atoms. The molecule has 0 aliphatic carbocycles. The van der Waals surface area contributed by atoms with Crippen LogP contribution in [0.1, 0.15) is 0 Å². The molecular formula is CHNO3S2. The average molecular weight is 139 g/mol. The van der Waals surface area contributed by atoms with Gasteiger partial charge in [0.25, 0.3) is 15.0 Å². The minimum Gasteiger partial charge on any atom is -0.288 e. The lowest BCUT2D eigenvalue weighted by Gasteiger charge is -1.75. The second kappa shape index (κ2) is 2.13. The van der Waals surface area contributed by atoms with Crippen LogP contribution in [0.5, 0.6) is 0 Å². The second-order valence-corrected chi connectivity index (χ2v) is 3.01. The topological polar surface area (TPSA) is 66.7 Å². The third-order valence-corrected chi connectivity index (χ3v) is 0.681. The number of nitrogens with zero attached hydrogens (tertiary/aromatic N) is 1. The van der Waals surface area contributed by atoms with Crippen LogP contribution in [0.2, 0.25) is 0 Å². The molecule has 0 spiro atoms. The van der Waals surface area contributed by atoms with Gasteiger partial charge in [0, 0.05) is 11.2 Å². The molecule has 1 unspecified atom stereocenters. The van der Waals surface area contributed by atoms with Crippen LogP contribution in [-0.2, 0) is 24.9 Å². The predicted molar refractivity (Wildman–Crippen MR) is 26.3 cm³/mol. The Morgan fingerprint density at radius 2 is 2.29 bits per heavy atom. The van der Waals surface area contributed by atoms with Crippen LogP contribution in [0.3, 0.4) is 0 Å². The van der Waals surface area contributed by atoms with Crippen molar-refractivity contribution >= 4 is 26.2 Å². The second-order valence-electron chi connectivity index (χ2n) is 0.630. The van der Waals surface area contributed by atoms with Gasteiger partial charge in [0.1, 0.15) is 0 Å². The molecule has 0 saturated carbocycles. The summed E-state index contributed by atoms with van der Waals surface area (Å²) in [7, 11) is -3.64. The van der Waals surface area contributed by atoms with E-state index in [4.69, 9.17) is 9.35 Å². The van der Waals surface area contributed by atoms with Crippen molar-refractivity contribution in [3.63, 3.8) is 0 Å². The van der Waals surface area contributed by atoms with Crippen molar-refractivity contribution in [2.24, 2.45) is 4.40 Å². The van der Waals surface area contributed by atoms with Crippen LogP contribution < -0.4 is 0 Å². The van der Waals surface area contributed by atoms with E-state index in [9.17, 15) is 4.21 Å². The molecular weight excluding hydrogens is 138 g/mol. The fourth-order valence-corrected chi connectivity index (χ4v) is 0.233. The summed E-state index contributed by atoms with van der Waals surface area (Å²) in [6.07, 6.45) is 0.853. The van der Waals surface area contributed by atoms with Crippen molar-refractivity contribution in [1.29, 1.82) is 0 Å². The van der Waals surface area contributed by atoms with Crippen molar-refractivity contribution in [2.45, 2.75) is 0 Å². The van der Waals surface area contributed by atoms with Crippen molar-refractivity contribution in [2.75, 3.05) is 0 Å². The molecule has 0 rings (SSSR count). The largest absolute Gasteiger partial charge is 0.288 e. The molecule has 0 aromatic heterocycles. The summed E-state index contributed by atoms with van der Waals surface area (Å²) < 4.78 is 20.0. The minimum absolute atomic E-state index is 0.853. The highest BCUT2D eigenvalue weighted by molar-refractivity contribution is 8.29. The molecule has 0 heterocycles. The van der Waals surface area contributed by atoms with Crippen LogP contribution >= 0.6 is 0 Å². The Balaban J connectivity index is 4.44. The molecule has 0 saturated heterocycles. The van der Waals surface area contributed by atoms with Gasteiger partial charge >= 0.3 is 0 Å². The summed E-state index contributed by atoms with van der Waals surface area (Å²) in [6.45, 7) is 0. The van der Waals surface area contributed by atoms with Crippen LogP contribution in [0.4, 0.5) is 0 Å². The number of hydrogen-bond acceptors (Lipinski definition) is 3. The molecule has 0 fully saturated rings. The Hall–Kier alpha value is -0.290. The summed E-state index contributed by atoms with van der Waals surface area (Å²) in [5.41, 5.74) is 0. The van der Waals surface area contributed by atoms with Gasteiger partial charge in [-0.1, -0.05) is 4.40 Å². The first-order chi connectivity index (χ1) is 3.06. The monoisotopic (exact) mass is 139 g/mol. The maximum absolute atomic E-state index is 9.73. The molecule has 0 aliphatic heterocycles. The van der Waals surface area contributed by atoms with E-state index in [1.807, 2.05) is 0 Å². The van der Waals surface area contributed by atoms with Crippen molar-refractivity contribution in [3.05, 3.63) is 0 Å². The van der Waals surface area contributed by atoms with E-state index < -0.39 is 8.96 Å². The van der Waals surface area contributed by atoms with Crippen molar-refractivity contribution in [3.8, 4) is 0 Å². The molecule has 1 atom stereocenters. The first kappa shape index (κ1) is 6.71. The maximum atomic E-state index is 9.73. The fourth-order valence-electron chi connectivity index (χ4n) is 0.0471. The van der Waals surface area contributed by atoms with Gasteiger partial charge in [-0.05, 0) is 0 Å². The summed E-state index contributed by atoms with van der Waals surface area (Å²) in [6, 6.07) is 0. The Morgan fingerprint density at radius 1 is 1.86 bits per heavy atom. The highest BCUT2D eigenvalue weighted by Gasteiger charge is 1.87. The lowest BCUT2D eigenvalue weighted by molar-refractivity contribution is 0.554. The zero-order chi connectivity index (χ0) is 5.91. The van der Waals surface area contributed by atoms with Gasteiger partial charge in [0.15, 0.2) is 0 Å². The zero-order valence-corrected chi connectivity index (χ0v) is 4.66. The van der Waals surface area contributed by atoms with Crippen molar-refractivity contribution < 1.29 is 13.6 Å². The summed E-state index contributed by atoms with van der Waals surface area (Å²) in [4.78, 5) is 9.12. The minimum atomic E-state index is -3.64. The maximum Gasteiger partial charge on any atom is 0.261 e. The normalized spacial score (nSPS) is 16.7. The van der Waals surface area contributed by atoms with Gasteiger partial charge in [-0.3, -0.25) is 4.55 Å². The molecule has 0 amide bonds. The molecule has 1 N–H and O–H groups in total. The van der Waals surface area contributed by atoms with E-state index >= 15 is 0 Å². The van der Waals surface area contributed by atoms with Crippen LogP contribution in [0, 0.1) is 0 Å². The molecule has 0 aromatic rings. The molecule has 6 heteroatoms.